The SMILES string of the molecule is COc1cc2c(cc1OC)/C(=C/C(=O)CCCOc1ccc(Cl)cc1C)NCC2. The molecule has 1 aliphatic rings. The molecule has 0 spiro atoms. The number of carbonyl (C=O) groups excluding carboxylic acids is 1. The van der Waals surface area contributed by atoms with E-state index in [0.29, 0.717) is 36.0 Å². The van der Waals surface area contributed by atoms with Crippen LogP contribution in [0.25, 0.3) is 5.70 Å². The number of methoxy groups -OCH3 is 2. The van der Waals surface area contributed by atoms with E-state index in [4.69, 9.17) is 25.8 Å². The second-order valence-corrected chi connectivity index (χ2v) is 7.36. The second-order valence-electron chi connectivity index (χ2n) is 6.93. The summed E-state index contributed by atoms with van der Waals surface area (Å²) in [5.74, 6) is 2.21. The molecule has 0 radical (unpaired) electrons. The van der Waals surface area contributed by atoms with E-state index in [-0.39, 0.29) is 5.78 Å². The predicted molar refractivity (Wildman–Crippen MR) is 115 cm³/mol. The Hall–Kier alpha value is -2.66. The summed E-state index contributed by atoms with van der Waals surface area (Å²) in [6, 6.07) is 9.42. The van der Waals surface area contributed by atoms with Gasteiger partial charge in [-0.2, -0.15) is 0 Å². The van der Waals surface area contributed by atoms with Gasteiger partial charge in [-0.1, -0.05) is 11.6 Å². The molecule has 29 heavy (non-hydrogen) atoms. The van der Waals surface area contributed by atoms with Gasteiger partial charge in [0.25, 0.3) is 0 Å². The van der Waals surface area contributed by atoms with Gasteiger partial charge in [0, 0.05) is 35.3 Å². The number of fused-ring (bicyclic) bond motifs is 1. The van der Waals surface area contributed by atoms with Crippen molar-refractivity contribution in [3.05, 3.63) is 58.1 Å². The summed E-state index contributed by atoms with van der Waals surface area (Å²) < 4.78 is 16.6. The van der Waals surface area contributed by atoms with E-state index in [1.165, 1.54) is 0 Å². The lowest BCUT2D eigenvalue weighted by Crippen LogP contribution is -2.23. The largest absolute Gasteiger partial charge is 0.493 e. The molecule has 0 saturated heterocycles. The normalized spacial score (nSPS) is 14.1. The van der Waals surface area contributed by atoms with Gasteiger partial charge >= 0.3 is 0 Å². The van der Waals surface area contributed by atoms with Gasteiger partial charge in [0.2, 0.25) is 0 Å². The number of ether oxygens (including phenoxy) is 3. The average molecular weight is 416 g/mol. The van der Waals surface area contributed by atoms with Crippen LogP contribution in [0.1, 0.15) is 29.5 Å². The fraction of sp³-hybridized carbons (Fsp3) is 0.348. The standard InChI is InChI=1S/C23H26ClNO4/c1-15-11-17(24)6-7-21(15)29-10-4-5-18(26)13-20-19-14-23(28-3)22(27-2)12-16(19)8-9-25-20/h6-7,11-14,25H,4-5,8-10H2,1-3H3/b20-13-. The molecule has 2 aromatic carbocycles. The fourth-order valence-electron chi connectivity index (χ4n) is 3.37. The van der Waals surface area contributed by atoms with Gasteiger partial charge in [0.1, 0.15) is 5.75 Å². The number of allylic oxidation sites excluding steroid dienone is 1. The highest BCUT2D eigenvalue weighted by Crippen LogP contribution is 2.34. The van der Waals surface area contributed by atoms with E-state index < -0.39 is 0 Å². The highest BCUT2D eigenvalue weighted by Gasteiger charge is 2.18. The van der Waals surface area contributed by atoms with Gasteiger partial charge in [-0.3, -0.25) is 4.79 Å². The van der Waals surface area contributed by atoms with E-state index in [0.717, 1.165) is 41.1 Å². The number of ketones is 1. The predicted octanol–water partition coefficient (Wildman–Crippen LogP) is 4.58. The average Bonchev–Trinajstić information content (AvgIpc) is 2.71. The number of halogens is 1. The first-order chi connectivity index (χ1) is 14.0. The smallest absolute Gasteiger partial charge is 0.161 e. The Bertz CT molecular complexity index is 923. The lowest BCUT2D eigenvalue weighted by molar-refractivity contribution is -0.114. The van der Waals surface area contributed by atoms with Crippen LogP contribution < -0.4 is 19.5 Å². The minimum Gasteiger partial charge on any atom is -0.493 e. The molecule has 6 heteroatoms. The molecule has 0 bridgehead atoms. The Morgan fingerprint density at radius 2 is 1.90 bits per heavy atom. The van der Waals surface area contributed by atoms with Gasteiger partial charge in [-0.15, -0.1) is 0 Å². The molecule has 0 unspecified atom stereocenters. The Morgan fingerprint density at radius 3 is 2.62 bits per heavy atom. The lowest BCUT2D eigenvalue weighted by atomic mass is 9.96. The molecule has 2 aromatic rings. The maximum atomic E-state index is 12.5. The lowest BCUT2D eigenvalue weighted by Gasteiger charge is -2.23. The number of benzene rings is 2. The third-order valence-corrected chi connectivity index (χ3v) is 5.11. The Balaban J connectivity index is 1.61. The molecule has 154 valence electrons. The summed E-state index contributed by atoms with van der Waals surface area (Å²) in [4.78, 5) is 12.5. The Kier molecular flexibility index (Phi) is 7.04. The van der Waals surface area contributed by atoms with Gasteiger partial charge in [0.05, 0.1) is 20.8 Å². The number of nitrogens with one attached hydrogen (secondary N) is 1. The summed E-state index contributed by atoms with van der Waals surface area (Å²) >= 11 is 5.96. The monoisotopic (exact) mass is 415 g/mol. The van der Waals surface area contributed by atoms with Gasteiger partial charge in [-0.25, -0.2) is 0 Å². The van der Waals surface area contributed by atoms with Crippen LogP contribution in [0.5, 0.6) is 17.2 Å². The molecule has 0 aromatic heterocycles. The van der Waals surface area contributed by atoms with Gasteiger partial charge in [0.15, 0.2) is 17.3 Å². The zero-order valence-electron chi connectivity index (χ0n) is 17.0. The van der Waals surface area contributed by atoms with Crippen molar-refractivity contribution in [3.63, 3.8) is 0 Å². The molecule has 1 N–H and O–H groups in total. The van der Waals surface area contributed by atoms with E-state index in [1.807, 2.05) is 31.2 Å². The molecule has 0 amide bonds. The summed E-state index contributed by atoms with van der Waals surface area (Å²) in [5.41, 5.74) is 3.93. The molecule has 0 atom stereocenters. The third-order valence-electron chi connectivity index (χ3n) is 4.88. The summed E-state index contributed by atoms with van der Waals surface area (Å²) in [5, 5.41) is 4.01. The molecule has 5 nitrogen and oxygen atoms in total. The first-order valence-corrected chi connectivity index (χ1v) is 10.0. The number of carbonyl (C=O) groups is 1. The van der Waals surface area contributed by atoms with Crippen LogP contribution in [0.15, 0.2) is 36.4 Å². The molecule has 0 aliphatic carbocycles. The molecule has 1 aliphatic heterocycles. The molecule has 1 heterocycles. The van der Waals surface area contributed by atoms with Crippen LogP contribution in [0.2, 0.25) is 5.02 Å². The molecule has 0 saturated carbocycles. The zero-order chi connectivity index (χ0) is 20.8. The minimum atomic E-state index is 0.0616. The van der Waals surface area contributed by atoms with Crippen LogP contribution >= 0.6 is 11.6 Å². The van der Waals surface area contributed by atoms with Crippen LogP contribution in [-0.4, -0.2) is 33.2 Å². The van der Waals surface area contributed by atoms with Crippen molar-refractivity contribution < 1.29 is 19.0 Å². The quantitative estimate of drug-likeness (QED) is 0.505. The number of aryl methyl sites for hydroxylation is 1. The van der Waals surface area contributed by atoms with E-state index >= 15 is 0 Å². The van der Waals surface area contributed by atoms with Crippen molar-refractivity contribution in [2.24, 2.45) is 0 Å². The number of hydrogen-bond donors (Lipinski definition) is 1. The molecular formula is C23H26ClNO4. The highest BCUT2D eigenvalue weighted by molar-refractivity contribution is 6.30. The van der Waals surface area contributed by atoms with Crippen molar-refractivity contribution in [2.45, 2.75) is 26.2 Å². The molecule has 3 rings (SSSR count). The van der Waals surface area contributed by atoms with E-state index in [2.05, 4.69) is 5.32 Å². The van der Waals surface area contributed by atoms with Crippen molar-refractivity contribution in [1.29, 1.82) is 0 Å². The minimum absolute atomic E-state index is 0.0616. The Morgan fingerprint density at radius 1 is 1.14 bits per heavy atom. The fourth-order valence-corrected chi connectivity index (χ4v) is 3.60. The summed E-state index contributed by atoms with van der Waals surface area (Å²) in [7, 11) is 3.23. The van der Waals surface area contributed by atoms with E-state index in [1.54, 1.807) is 26.4 Å². The topological polar surface area (TPSA) is 56.8 Å². The van der Waals surface area contributed by atoms with Crippen molar-refractivity contribution >= 4 is 23.1 Å². The third kappa shape index (κ3) is 5.24. The van der Waals surface area contributed by atoms with Crippen molar-refractivity contribution in [2.75, 3.05) is 27.4 Å². The first kappa shape index (κ1) is 21.1. The van der Waals surface area contributed by atoms with Crippen molar-refractivity contribution in [1.82, 2.24) is 5.32 Å². The summed E-state index contributed by atoms with van der Waals surface area (Å²) in [6.45, 7) is 3.21. The Labute approximate surface area is 176 Å². The zero-order valence-corrected chi connectivity index (χ0v) is 17.8. The van der Waals surface area contributed by atoms with Gasteiger partial charge in [-0.05, 0) is 61.2 Å². The van der Waals surface area contributed by atoms with E-state index in [9.17, 15) is 4.79 Å². The number of rotatable bonds is 8. The van der Waals surface area contributed by atoms with Crippen molar-refractivity contribution in [3.8, 4) is 17.2 Å². The maximum absolute atomic E-state index is 12.5. The highest BCUT2D eigenvalue weighted by atomic mass is 35.5. The maximum Gasteiger partial charge on any atom is 0.161 e. The van der Waals surface area contributed by atoms with Crippen LogP contribution in [0.4, 0.5) is 0 Å². The van der Waals surface area contributed by atoms with Crippen LogP contribution in [0.3, 0.4) is 0 Å². The van der Waals surface area contributed by atoms with Crippen LogP contribution in [-0.2, 0) is 11.2 Å². The first-order valence-electron chi connectivity index (χ1n) is 9.64. The van der Waals surface area contributed by atoms with Crippen LogP contribution in [0, 0.1) is 6.92 Å². The van der Waals surface area contributed by atoms with Gasteiger partial charge < -0.3 is 19.5 Å². The molecular weight excluding hydrogens is 390 g/mol. The number of hydrogen-bond acceptors (Lipinski definition) is 5. The molecule has 0 fully saturated rings. The summed E-state index contributed by atoms with van der Waals surface area (Å²) in [6.07, 6.45) is 3.61. The second kappa shape index (κ2) is 9.70.